The highest BCUT2D eigenvalue weighted by molar-refractivity contribution is 5.75. The molecule has 2 rings (SSSR count). The van der Waals surface area contributed by atoms with Crippen molar-refractivity contribution >= 4 is 12.0 Å². The molecule has 1 aromatic heterocycles. The zero-order valence-corrected chi connectivity index (χ0v) is 7.93. The van der Waals surface area contributed by atoms with Gasteiger partial charge in [-0.05, 0) is 37.5 Å². The Morgan fingerprint density at radius 1 is 1.64 bits per heavy atom. The Morgan fingerprint density at radius 2 is 2.43 bits per heavy atom. The Hall–Kier alpha value is -1.51. The van der Waals surface area contributed by atoms with Gasteiger partial charge in [0.15, 0.2) is 0 Å². The summed E-state index contributed by atoms with van der Waals surface area (Å²) >= 11 is 0. The summed E-state index contributed by atoms with van der Waals surface area (Å²) in [5, 5.41) is 8.75. The molecule has 1 aliphatic carbocycles. The fraction of sp³-hybridized carbons (Fsp3) is 0.364. The van der Waals surface area contributed by atoms with Crippen LogP contribution in [0.1, 0.15) is 19.1 Å². The molecule has 1 aromatic rings. The first-order chi connectivity index (χ1) is 6.68. The van der Waals surface area contributed by atoms with Crippen molar-refractivity contribution in [1.29, 1.82) is 0 Å². The molecular formula is C11H12O3. The number of hydrogen-bond acceptors (Lipinski definition) is 2. The topological polar surface area (TPSA) is 50.4 Å². The lowest BCUT2D eigenvalue weighted by Crippen LogP contribution is -1.99. The highest BCUT2D eigenvalue weighted by Gasteiger charge is 2.43. The largest absolute Gasteiger partial charge is 0.481 e. The van der Waals surface area contributed by atoms with Gasteiger partial charge in [0.05, 0.1) is 12.2 Å². The molecule has 1 N–H and O–H groups in total. The van der Waals surface area contributed by atoms with E-state index < -0.39 is 5.97 Å². The van der Waals surface area contributed by atoms with Crippen molar-refractivity contribution < 1.29 is 14.3 Å². The quantitative estimate of drug-likeness (QED) is 0.800. The normalized spacial score (nSPS) is 26.2. The van der Waals surface area contributed by atoms with Crippen molar-refractivity contribution in [2.45, 2.75) is 13.3 Å². The van der Waals surface area contributed by atoms with Crippen molar-refractivity contribution in [3.63, 3.8) is 0 Å². The van der Waals surface area contributed by atoms with Gasteiger partial charge in [0, 0.05) is 0 Å². The summed E-state index contributed by atoms with van der Waals surface area (Å²) in [6.45, 7) is 1.95. The zero-order valence-electron chi connectivity index (χ0n) is 7.93. The summed E-state index contributed by atoms with van der Waals surface area (Å²) in [4.78, 5) is 10.6. The van der Waals surface area contributed by atoms with Crippen molar-refractivity contribution in [3.05, 3.63) is 29.7 Å². The van der Waals surface area contributed by atoms with E-state index in [1.54, 1.807) is 6.26 Å². The molecule has 0 aromatic carbocycles. The highest BCUT2D eigenvalue weighted by Crippen LogP contribution is 2.44. The molecule has 0 amide bonds. The molecule has 3 nitrogen and oxygen atoms in total. The van der Waals surface area contributed by atoms with Gasteiger partial charge in [0.25, 0.3) is 0 Å². The Labute approximate surface area is 82.0 Å². The smallest absolute Gasteiger partial charge is 0.307 e. The number of aliphatic carboxylic acids is 1. The van der Waals surface area contributed by atoms with E-state index in [0.29, 0.717) is 0 Å². The standard InChI is InChI=1S/C11H12O3/c1-7(5-8-3-2-4-14-8)9-6-10(9)11(12)13/h2-5,9-10H,6H2,1H3,(H,12,13)/b7-5-/t9-,10+/m0/s1. The van der Waals surface area contributed by atoms with E-state index in [9.17, 15) is 4.79 Å². The molecule has 1 heterocycles. The fourth-order valence-electron chi connectivity index (χ4n) is 1.68. The van der Waals surface area contributed by atoms with Gasteiger partial charge in [0.1, 0.15) is 5.76 Å². The van der Waals surface area contributed by atoms with Crippen LogP contribution < -0.4 is 0 Å². The lowest BCUT2D eigenvalue weighted by atomic mass is 10.1. The minimum Gasteiger partial charge on any atom is -0.481 e. The Morgan fingerprint density at radius 3 is 2.93 bits per heavy atom. The molecule has 0 radical (unpaired) electrons. The summed E-state index contributed by atoms with van der Waals surface area (Å²) in [6, 6.07) is 3.68. The monoisotopic (exact) mass is 192 g/mol. The minimum absolute atomic E-state index is 0.179. The summed E-state index contributed by atoms with van der Waals surface area (Å²) in [6.07, 6.45) is 4.28. The summed E-state index contributed by atoms with van der Waals surface area (Å²) in [5.74, 6) is 0.125. The average Bonchev–Trinajstić information content (AvgIpc) is 2.80. The molecule has 1 aliphatic rings. The van der Waals surface area contributed by atoms with Gasteiger partial charge in [-0.3, -0.25) is 4.79 Å². The van der Waals surface area contributed by atoms with Gasteiger partial charge >= 0.3 is 5.97 Å². The van der Waals surface area contributed by atoms with Gasteiger partial charge < -0.3 is 9.52 Å². The number of carboxylic acids is 1. The SMILES string of the molecule is C/C(=C/c1ccco1)[C@@H]1C[C@H]1C(=O)O. The van der Waals surface area contributed by atoms with Gasteiger partial charge in [-0.1, -0.05) is 5.57 Å². The molecular weight excluding hydrogens is 180 g/mol. The van der Waals surface area contributed by atoms with Crippen LogP contribution in [0.5, 0.6) is 0 Å². The lowest BCUT2D eigenvalue weighted by molar-refractivity contribution is -0.138. The molecule has 0 bridgehead atoms. The van der Waals surface area contributed by atoms with Crippen molar-refractivity contribution in [3.8, 4) is 0 Å². The number of allylic oxidation sites excluding steroid dienone is 1. The third-order valence-corrected chi connectivity index (χ3v) is 2.61. The lowest BCUT2D eigenvalue weighted by Gasteiger charge is -1.95. The van der Waals surface area contributed by atoms with Crippen LogP contribution in [0, 0.1) is 11.8 Å². The molecule has 14 heavy (non-hydrogen) atoms. The zero-order chi connectivity index (χ0) is 10.1. The van der Waals surface area contributed by atoms with Gasteiger partial charge in [0.2, 0.25) is 0 Å². The molecule has 1 saturated carbocycles. The van der Waals surface area contributed by atoms with E-state index in [1.807, 2.05) is 25.1 Å². The predicted molar refractivity (Wildman–Crippen MR) is 51.6 cm³/mol. The second-order valence-corrected chi connectivity index (χ2v) is 3.69. The molecule has 0 saturated heterocycles. The maximum atomic E-state index is 10.6. The van der Waals surface area contributed by atoms with Gasteiger partial charge in [-0.15, -0.1) is 0 Å². The van der Waals surface area contributed by atoms with Crippen LogP contribution in [-0.2, 0) is 4.79 Å². The van der Waals surface area contributed by atoms with Crippen LogP contribution in [0.15, 0.2) is 28.4 Å². The second kappa shape index (κ2) is 3.33. The van der Waals surface area contributed by atoms with Crippen LogP contribution in [0.4, 0.5) is 0 Å². The molecule has 0 spiro atoms. The fourth-order valence-corrected chi connectivity index (χ4v) is 1.68. The van der Waals surface area contributed by atoms with Crippen LogP contribution in [0.3, 0.4) is 0 Å². The van der Waals surface area contributed by atoms with E-state index in [1.165, 1.54) is 0 Å². The minimum atomic E-state index is -0.692. The number of hydrogen-bond donors (Lipinski definition) is 1. The van der Waals surface area contributed by atoms with Gasteiger partial charge in [-0.25, -0.2) is 0 Å². The van der Waals surface area contributed by atoms with E-state index in [2.05, 4.69) is 0 Å². The highest BCUT2D eigenvalue weighted by atomic mass is 16.4. The summed E-state index contributed by atoms with van der Waals surface area (Å²) in [7, 11) is 0. The predicted octanol–water partition coefficient (Wildman–Crippen LogP) is 2.40. The maximum absolute atomic E-state index is 10.6. The first kappa shape index (κ1) is 9.06. The third-order valence-electron chi connectivity index (χ3n) is 2.61. The molecule has 0 unspecified atom stereocenters. The first-order valence-corrected chi connectivity index (χ1v) is 4.63. The molecule has 1 fully saturated rings. The molecule has 0 aliphatic heterocycles. The van der Waals surface area contributed by atoms with E-state index in [0.717, 1.165) is 17.8 Å². The van der Waals surface area contributed by atoms with E-state index in [4.69, 9.17) is 9.52 Å². The number of rotatable bonds is 3. The van der Waals surface area contributed by atoms with E-state index >= 15 is 0 Å². The molecule has 74 valence electrons. The van der Waals surface area contributed by atoms with E-state index in [-0.39, 0.29) is 11.8 Å². The van der Waals surface area contributed by atoms with Crippen LogP contribution in [0.2, 0.25) is 0 Å². The Kier molecular flexibility index (Phi) is 2.15. The second-order valence-electron chi connectivity index (χ2n) is 3.69. The molecule has 3 heteroatoms. The maximum Gasteiger partial charge on any atom is 0.307 e. The van der Waals surface area contributed by atoms with Crippen molar-refractivity contribution in [2.24, 2.45) is 11.8 Å². The Balaban J connectivity index is 2.04. The van der Waals surface area contributed by atoms with Crippen LogP contribution in [-0.4, -0.2) is 11.1 Å². The van der Waals surface area contributed by atoms with Gasteiger partial charge in [-0.2, -0.15) is 0 Å². The molecule has 2 atom stereocenters. The van der Waals surface area contributed by atoms with Crippen LogP contribution >= 0.6 is 0 Å². The van der Waals surface area contributed by atoms with Crippen molar-refractivity contribution in [2.75, 3.05) is 0 Å². The average molecular weight is 192 g/mol. The number of carbonyl (C=O) groups is 1. The van der Waals surface area contributed by atoms with Crippen LogP contribution in [0.25, 0.3) is 6.08 Å². The third kappa shape index (κ3) is 1.71. The number of furan rings is 1. The Bertz CT molecular complexity index is 362. The van der Waals surface area contributed by atoms with Crippen molar-refractivity contribution in [1.82, 2.24) is 0 Å². The summed E-state index contributed by atoms with van der Waals surface area (Å²) < 4.78 is 5.15. The first-order valence-electron chi connectivity index (χ1n) is 4.63. The summed E-state index contributed by atoms with van der Waals surface area (Å²) in [5.41, 5.74) is 1.09. The number of carboxylic acid groups (broad SMARTS) is 1.